The van der Waals surface area contributed by atoms with Crippen LogP contribution in [-0.4, -0.2) is 22.6 Å². The van der Waals surface area contributed by atoms with Crippen molar-refractivity contribution >= 4 is 16.9 Å². The van der Waals surface area contributed by atoms with Crippen molar-refractivity contribution in [2.75, 3.05) is 7.11 Å². The van der Waals surface area contributed by atoms with Crippen LogP contribution in [0.5, 0.6) is 0 Å². The lowest BCUT2D eigenvalue weighted by Crippen LogP contribution is -2.09. The summed E-state index contributed by atoms with van der Waals surface area (Å²) in [5.74, 6) is 0.230. The second kappa shape index (κ2) is 7.69. The van der Waals surface area contributed by atoms with Crippen LogP contribution in [0.4, 0.5) is 0 Å². The monoisotopic (exact) mass is 410 g/mol. The number of carbonyl (C=O) groups is 1. The molecule has 0 saturated heterocycles. The third-order valence-corrected chi connectivity index (χ3v) is 6.20. The first-order valence-corrected chi connectivity index (χ1v) is 10.8. The van der Waals surface area contributed by atoms with Crippen molar-refractivity contribution in [3.63, 3.8) is 0 Å². The van der Waals surface area contributed by atoms with Gasteiger partial charge in [-0.3, -0.25) is 4.98 Å². The molecule has 4 nitrogen and oxygen atoms in total. The smallest absolute Gasteiger partial charge is 0.339 e. The van der Waals surface area contributed by atoms with Crippen LogP contribution in [0, 0.1) is 6.92 Å². The van der Waals surface area contributed by atoms with E-state index in [1.807, 2.05) is 12.3 Å². The van der Waals surface area contributed by atoms with Gasteiger partial charge >= 0.3 is 5.97 Å². The molecular formula is C27H26N2O2. The Hall–Kier alpha value is -3.40. The van der Waals surface area contributed by atoms with Crippen molar-refractivity contribution in [3.8, 4) is 11.1 Å². The van der Waals surface area contributed by atoms with E-state index in [-0.39, 0.29) is 5.97 Å². The normalized spacial score (nSPS) is 13.5. The molecular weight excluding hydrogens is 384 g/mol. The molecule has 2 heterocycles. The van der Waals surface area contributed by atoms with Gasteiger partial charge in [0.15, 0.2) is 0 Å². The van der Waals surface area contributed by atoms with E-state index in [9.17, 15) is 4.79 Å². The molecule has 0 atom stereocenters. The van der Waals surface area contributed by atoms with Crippen LogP contribution in [0.1, 0.15) is 51.5 Å². The Morgan fingerprint density at radius 2 is 2.00 bits per heavy atom. The Morgan fingerprint density at radius 3 is 2.74 bits per heavy atom. The van der Waals surface area contributed by atoms with Crippen molar-refractivity contribution < 1.29 is 9.53 Å². The van der Waals surface area contributed by atoms with Crippen molar-refractivity contribution in [1.29, 1.82) is 0 Å². The van der Waals surface area contributed by atoms with Gasteiger partial charge in [-0.2, -0.15) is 0 Å². The molecule has 31 heavy (non-hydrogen) atoms. The topological polar surface area (TPSA) is 44.1 Å². The van der Waals surface area contributed by atoms with Crippen LogP contribution in [0.25, 0.3) is 22.0 Å². The van der Waals surface area contributed by atoms with Gasteiger partial charge < -0.3 is 9.30 Å². The maximum absolute atomic E-state index is 12.4. The molecule has 1 fully saturated rings. The number of nitrogens with zero attached hydrogens (tertiary/aromatic N) is 2. The summed E-state index contributed by atoms with van der Waals surface area (Å²) in [6.45, 7) is 2.12. The van der Waals surface area contributed by atoms with Crippen LogP contribution < -0.4 is 0 Å². The zero-order valence-electron chi connectivity index (χ0n) is 18.2. The van der Waals surface area contributed by atoms with Crippen molar-refractivity contribution in [2.24, 2.45) is 7.05 Å². The number of fused-ring (bicyclic) bond motifs is 1. The molecule has 0 spiro atoms. The molecule has 2 aromatic heterocycles. The number of pyridine rings is 1. The Balaban J connectivity index is 1.56. The molecule has 2 aromatic carbocycles. The number of hydrogen-bond donors (Lipinski definition) is 0. The second-order valence-electron chi connectivity index (χ2n) is 8.58. The maximum atomic E-state index is 12.4. The third-order valence-electron chi connectivity index (χ3n) is 6.20. The highest BCUT2D eigenvalue weighted by atomic mass is 16.5. The molecule has 0 aliphatic heterocycles. The van der Waals surface area contributed by atoms with Gasteiger partial charge in [-0.15, -0.1) is 0 Å². The molecule has 0 unspecified atom stereocenters. The first-order chi connectivity index (χ1) is 15.0. The largest absolute Gasteiger partial charge is 0.465 e. The van der Waals surface area contributed by atoms with E-state index in [4.69, 9.17) is 4.74 Å². The van der Waals surface area contributed by atoms with Crippen LogP contribution in [0.15, 0.2) is 60.9 Å². The molecule has 1 aliphatic carbocycles. The number of ether oxygens (including phenoxy) is 1. The summed E-state index contributed by atoms with van der Waals surface area (Å²) in [5.41, 5.74) is 8.48. The highest BCUT2D eigenvalue weighted by Gasteiger charge is 2.26. The Kier molecular flexibility index (Phi) is 4.85. The minimum atomic E-state index is -0.314. The third kappa shape index (κ3) is 3.74. The molecule has 156 valence electrons. The number of rotatable bonds is 5. The summed E-state index contributed by atoms with van der Waals surface area (Å²) in [6, 6.07) is 17.1. The van der Waals surface area contributed by atoms with E-state index in [0.717, 1.165) is 16.8 Å². The van der Waals surface area contributed by atoms with Crippen LogP contribution in [0.3, 0.4) is 0 Å². The molecule has 0 amide bonds. The van der Waals surface area contributed by atoms with Crippen LogP contribution >= 0.6 is 0 Å². The van der Waals surface area contributed by atoms with Gasteiger partial charge in [0.1, 0.15) is 0 Å². The van der Waals surface area contributed by atoms with Crippen molar-refractivity contribution in [2.45, 2.75) is 32.1 Å². The number of methoxy groups -OCH3 is 1. The SMILES string of the molecule is COC(=O)c1cc(C2CC2)cnc1Cc1ccc2c(c1)c(-c1cccc(C)c1)cn2C. The van der Waals surface area contributed by atoms with E-state index in [1.165, 1.54) is 47.5 Å². The van der Waals surface area contributed by atoms with Gasteiger partial charge in [0, 0.05) is 42.3 Å². The minimum Gasteiger partial charge on any atom is -0.465 e. The number of carbonyl (C=O) groups excluding carboxylic acids is 1. The quantitative estimate of drug-likeness (QED) is 0.390. The lowest BCUT2D eigenvalue weighted by molar-refractivity contribution is 0.0599. The lowest BCUT2D eigenvalue weighted by atomic mass is 9.98. The predicted molar refractivity (Wildman–Crippen MR) is 123 cm³/mol. The molecule has 4 heteroatoms. The molecule has 1 saturated carbocycles. The average molecular weight is 411 g/mol. The Labute approximate surface area is 182 Å². The fraction of sp³-hybridized carbons (Fsp3) is 0.259. The average Bonchev–Trinajstić information content (AvgIpc) is 3.57. The van der Waals surface area contributed by atoms with E-state index in [0.29, 0.717) is 17.9 Å². The molecule has 0 N–H and O–H groups in total. The zero-order chi connectivity index (χ0) is 21.5. The van der Waals surface area contributed by atoms with Gasteiger partial charge in [-0.1, -0.05) is 35.9 Å². The highest BCUT2D eigenvalue weighted by Crippen LogP contribution is 2.40. The maximum Gasteiger partial charge on any atom is 0.339 e. The van der Waals surface area contributed by atoms with Crippen LogP contribution in [-0.2, 0) is 18.2 Å². The zero-order valence-corrected chi connectivity index (χ0v) is 18.2. The summed E-state index contributed by atoms with van der Waals surface area (Å²) in [5, 5.41) is 1.21. The van der Waals surface area contributed by atoms with Gasteiger partial charge in [-0.25, -0.2) is 4.79 Å². The minimum absolute atomic E-state index is 0.314. The highest BCUT2D eigenvalue weighted by molar-refractivity contribution is 5.96. The second-order valence-corrected chi connectivity index (χ2v) is 8.58. The fourth-order valence-electron chi connectivity index (χ4n) is 4.36. The van der Waals surface area contributed by atoms with Gasteiger partial charge in [0.2, 0.25) is 0 Å². The van der Waals surface area contributed by atoms with Gasteiger partial charge in [0.05, 0.1) is 18.4 Å². The summed E-state index contributed by atoms with van der Waals surface area (Å²) in [6.07, 6.45) is 7.06. The molecule has 5 rings (SSSR count). The number of benzene rings is 2. The fourth-order valence-corrected chi connectivity index (χ4v) is 4.36. The summed E-state index contributed by atoms with van der Waals surface area (Å²) >= 11 is 0. The number of hydrogen-bond acceptors (Lipinski definition) is 3. The first-order valence-electron chi connectivity index (χ1n) is 10.8. The lowest BCUT2D eigenvalue weighted by Gasteiger charge is -2.10. The van der Waals surface area contributed by atoms with Crippen LogP contribution in [0.2, 0.25) is 0 Å². The van der Waals surface area contributed by atoms with Crippen molar-refractivity contribution in [1.82, 2.24) is 9.55 Å². The summed E-state index contributed by atoms with van der Waals surface area (Å²) in [7, 11) is 3.51. The predicted octanol–water partition coefficient (Wildman–Crippen LogP) is 5.80. The van der Waals surface area contributed by atoms with E-state index < -0.39 is 0 Å². The molecule has 0 radical (unpaired) electrons. The number of aromatic nitrogens is 2. The molecule has 4 aromatic rings. The number of esters is 1. The van der Waals surface area contributed by atoms with E-state index in [2.05, 4.69) is 72.2 Å². The number of aryl methyl sites for hydroxylation is 2. The van der Waals surface area contributed by atoms with Gasteiger partial charge in [0.25, 0.3) is 0 Å². The Morgan fingerprint density at radius 1 is 1.16 bits per heavy atom. The van der Waals surface area contributed by atoms with E-state index in [1.54, 1.807) is 0 Å². The molecule has 0 bridgehead atoms. The van der Waals surface area contributed by atoms with E-state index >= 15 is 0 Å². The summed E-state index contributed by atoms with van der Waals surface area (Å²) in [4.78, 5) is 17.1. The molecule has 1 aliphatic rings. The standard InChI is InChI=1S/C27H26N2O2/c1-17-5-4-6-20(11-17)24-16-29(2)26-10-7-18(12-22(24)26)13-25-23(27(30)31-3)14-21(15-28-25)19-8-9-19/h4-7,10-12,14-16,19H,8-9,13H2,1-3H3. The first kappa shape index (κ1) is 19.6. The summed E-state index contributed by atoms with van der Waals surface area (Å²) < 4.78 is 7.22. The van der Waals surface area contributed by atoms with Crippen molar-refractivity contribution in [3.05, 3.63) is 88.9 Å². The van der Waals surface area contributed by atoms with Gasteiger partial charge in [-0.05, 0) is 60.6 Å². The Bertz CT molecular complexity index is 1300.